The maximum Gasteiger partial charge on any atom is 0.248 e. The molecule has 0 aliphatic carbocycles. The van der Waals surface area contributed by atoms with Crippen molar-refractivity contribution in [3.05, 3.63) is 48.3 Å². The Hall–Kier alpha value is -2.10. The first-order chi connectivity index (χ1) is 8.18. The van der Waals surface area contributed by atoms with E-state index >= 15 is 0 Å². The molecule has 1 atom stereocenters. The minimum absolute atomic E-state index is 0.0667. The fraction of sp³-hybridized carbons (Fsp3) is 0.231. The number of rotatable bonds is 3. The number of aromatic nitrogens is 2. The quantitative estimate of drug-likeness (QED) is 0.878. The molecule has 0 aliphatic heterocycles. The summed E-state index contributed by atoms with van der Waals surface area (Å²) in [6.45, 7) is 3.79. The van der Waals surface area contributed by atoms with Crippen LogP contribution in [0.2, 0.25) is 0 Å². The van der Waals surface area contributed by atoms with E-state index in [1.54, 1.807) is 23.1 Å². The highest BCUT2D eigenvalue weighted by atomic mass is 16.2. The van der Waals surface area contributed by atoms with Gasteiger partial charge in [-0.1, -0.05) is 18.2 Å². The van der Waals surface area contributed by atoms with Gasteiger partial charge in [-0.15, -0.1) is 0 Å². The lowest BCUT2D eigenvalue weighted by atomic mass is 10.2. The molecule has 0 radical (unpaired) electrons. The Labute approximate surface area is 100 Å². The van der Waals surface area contributed by atoms with Crippen LogP contribution in [0.4, 0.5) is 5.69 Å². The molecule has 0 saturated heterocycles. The van der Waals surface area contributed by atoms with E-state index in [0.717, 1.165) is 11.3 Å². The van der Waals surface area contributed by atoms with Gasteiger partial charge in [-0.05, 0) is 31.5 Å². The standard InChI is InChI=1S/C13H15N3O/c1-10-6-3-4-7-12(10)15-13(17)11(2)16-9-5-8-14-16/h3-9,11H,1-2H3,(H,15,17). The summed E-state index contributed by atoms with van der Waals surface area (Å²) in [7, 11) is 0. The number of nitrogens with one attached hydrogen (secondary N) is 1. The third kappa shape index (κ3) is 2.53. The number of aryl methyl sites for hydroxylation is 1. The van der Waals surface area contributed by atoms with Gasteiger partial charge in [0, 0.05) is 18.1 Å². The first-order valence-corrected chi connectivity index (χ1v) is 5.54. The van der Waals surface area contributed by atoms with Crippen LogP contribution in [0, 0.1) is 6.92 Å². The zero-order valence-electron chi connectivity index (χ0n) is 9.92. The number of anilines is 1. The Kier molecular flexibility index (Phi) is 3.23. The van der Waals surface area contributed by atoms with Crippen molar-refractivity contribution >= 4 is 11.6 Å². The average molecular weight is 229 g/mol. The number of hydrogen-bond donors (Lipinski definition) is 1. The third-order valence-corrected chi connectivity index (χ3v) is 2.70. The van der Waals surface area contributed by atoms with Gasteiger partial charge in [0.05, 0.1) is 0 Å². The summed E-state index contributed by atoms with van der Waals surface area (Å²) < 4.78 is 1.63. The molecule has 1 N–H and O–H groups in total. The Bertz CT molecular complexity index is 505. The van der Waals surface area contributed by atoms with Gasteiger partial charge in [0.15, 0.2) is 0 Å². The van der Waals surface area contributed by atoms with Crippen molar-refractivity contribution in [2.75, 3.05) is 5.32 Å². The Morgan fingerprint density at radius 2 is 2.12 bits per heavy atom. The summed E-state index contributed by atoms with van der Waals surface area (Å²) in [5.74, 6) is -0.0667. The second-order valence-electron chi connectivity index (χ2n) is 3.97. The second-order valence-corrected chi connectivity index (χ2v) is 3.97. The van der Waals surface area contributed by atoms with Crippen LogP contribution in [-0.4, -0.2) is 15.7 Å². The van der Waals surface area contributed by atoms with Gasteiger partial charge in [-0.2, -0.15) is 5.10 Å². The van der Waals surface area contributed by atoms with Crippen molar-refractivity contribution in [3.63, 3.8) is 0 Å². The molecule has 1 amide bonds. The molecule has 0 bridgehead atoms. The van der Waals surface area contributed by atoms with Crippen LogP contribution in [0.15, 0.2) is 42.7 Å². The van der Waals surface area contributed by atoms with Crippen molar-refractivity contribution in [3.8, 4) is 0 Å². The summed E-state index contributed by atoms with van der Waals surface area (Å²) in [4.78, 5) is 12.0. The number of carbonyl (C=O) groups is 1. The molecule has 1 unspecified atom stereocenters. The highest BCUT2D eigenvalue weighted by Crippen LogP contribution is 2.15. The monoisotopic (exact) mass is 229 g/mol. The largest absolute Gasteiger partial charge is 0.324 e. The molecule has 0 fully saturated rings. The molecule has 0 spiro atoms. The van der Waals surface area contributed by atoms with Crippen molar-refractivity contribution < 1.29 is 4.79 Å². The summed E-state index contributed by atoms with van der Waals surface area (Å²) in [5, 5.41) is 6.96. The topological polar surface area (TPSA) is 46.9 Å². The van der Waals surface area contributed by atoms with Gasteiger partial charge >= 0.3 is 0 Å². The SMILES string of the molecule is Cc1ccccc1NC(=O)C(C)n1cccn1. The normalized spacial score (nSPS) is 12.1. The van der Waals surface area contributed by atoms with Gasteiger partial charge < -0.3 is 5.32 Å². The van der Waals surface area contributed by atoms with Crippen LogP contribution in [-0.2, 0) is 4.79 Å². The Morgan fingerprint density at radius 3 is 2.76 bits per heavy atom. The van der Waals surface area contributed by atoms with E-state index in [2.05, 4.69) is 10.4 Å². The van der Waals surface area contributed by atoms with E-state index in [1.165, 1.54) is 0 Å². The average Bonchev–Trinajstić information content (AvgIpc) is 2.84. The number of para-hydroxylation sites is 1. The zero-order valence-corrected chi connectivity index (χ0v) is 9.92. The van der Waals surface area contributed by atoms with Crippen molar-refractivity contribution in [2.45, 2.75) is 19.9 Å². The molecule has 0 saturated carbocycles. The van der Waals surface area contributed by atoms with Gasteiger partial charge in [0.25, 0.3) is 0 Å². The molecule has 0 aliphatic rings. The predicted octanol–water partition coefficient (Wildman–Crippen LogP) is 2.39. The first-order valence-electron chi connectivity index (χ1n) is 5.54. The molecule has 17 heavy (non-hydrogen) atoms. The molecule has 2 aromatic rings. The second kappa shape index (κ2) is 4.82. The highest BCUT2D eigenvalue weighted by molar-refractivity contribution is 5.94. The number of carbonyl (C=O) groups excluding carboxylic acids is 1. The summed E-state index contributed by atoms with van der Waals surface area (Å²) in [6, 6.07) is 9.20. The van der Waals surface area contributed by atoms with Crippen molar-refractivity contribution in [1.82, 2.24) is 9.78 Å². The lowest BCUT2D eigenvalue weighted by Gasteiger charge is -2.13. The summed E-state index contributed by atoms with van der Waals surface area (Å²) in [6.07, 6.45) is 3.44. The predicted molar refractivity (Wildman–Crippen MR) is 66.7 cm³/mol. The van der Waals surface area contributed by atoms with Crippen LogP contribution in [0.1, 0.15) is 18.5 Å². The van der Waals surface area contributed by atoms with Gasteiger partial charge in [-0.3, -0.25) is 9.48 Å². The molecular weight excluding hydrogens is 214 g/mol. The fourth-order valence-electron chi connectivity index (χ4n) is 1.58. The minimum Gasteiger partial charge on any atom is -0.324 e. The molecule has 4 heteroatoms. The van der Waals surface area contributed by atoms with E-state index in [9.17, 15) is 4.79 Å². The third-order valence-electron chi connectivity index (χ3n) is 2.70. The zero-order chi connectivity index (χ0) is 12.3. The molecule has 1 aromatic carbocycles. The van der Waals surface area contributed by atoms with Crippen LogP contribution >= 0.6 is 0 Å². The molecule has 4 nitrogen and oxygen atoms in total. The van der Waals surface area contributed by atoms with Crippen molar-refractivity contribution in [2.24, 2.45) is 0 Å². The minimum atomic E-state index is -0.315. The smallest absolute Gasteiger partial charge is 0.248 e. The lowest BCUT2D eigenvalue weighted by molar-refractivity contribution is -0.119. The Morgan fingerprint density at radius 1 is 1.35 bits per heavy atom. The summed E-state index contributed by atoms with van der Waals surface area (Å²) >= 11 is 0. The summed E-state index contributed by atoms with van der Waals surface area (Å²) in [5.41, 5.74) is 1.89. The van der Waals surface area contributed by atoms with E-state index in [1.807, 2.05) is 38.1 Å². The number of amides is 1. The molecule has 88 valence electrons. The van der Waals surface area contributed by atoms with E-state index in [4.69, 9.17) is 0 Å². The first kappa shape index (κ1) is 11.4. The Balaban J connectivity index is 2.10. The number of nitrogens with zero attached hydrogens (tertiary/aromatic N) is 2. The van der Waals surface area contributed by atoms with Crippen molar-refractivity contribution in [1.29, 1.82) is 0 Å². The molecular formula is C13H15N3O. The van der Waals surface area contributed by atoms with Crippen LogP contribution in [0.3, 0.4) is 0 Å². The molecule has 2 rings (SSSR count). The van der Waals surface area contributed by atoms with Gasteiger partial charge in [0.1, 0.15) is 6.04 Å². The van der Waals surface area contributed by atoms with Crippen LogP contribution < -0.4 is 5.32 Å². The maximum absolute atomic E-state index is 12.0. The van der Waals surface area contributed by atoms with E-state index in [-0.39, 0.29) is 11.9 Å². The van der Waals surface area contributed by atoms with Crippen LogP contribution in [0.5, 0.6) is 0 Å². The van der Waals surface area contributed by atoms with Gasteiger partial charge in [-0.25, -0.2) is 0 Å². The maximum atomic E-state index is 12.0. The fourth-order valence-corrected chi connectivity index (χ4v) is 1.58. The molecule has 1 aromatic heterocycles. The number of hydrogen-bond acceptors (Lipinski definition) is 2. The van der Waals surface area contributed by atoms with E-state index < -0.39 is 0 Å². The van der Waals surface area contributed by atoms with Crippen LogP contribution in [0.25, 0.3) is 0 Å². The van der Waals surface area contributed by atoms with Gasteiger partial charge in [0.2, 0.25) is 5.91 Å². The highest BCUT2D eigenvalue weighted by Gasteiger charge is 2.15. The lowest BCUT2D eigenvalue weighted by Crippen LogP contribution is -2.24. The molecule has 1 heterocycles. The van der Waals surface area contributed by atoms with E-state index in [0.29, 0.717) is 0 Å². The number of benzene rings is 1.